The van der Waals surface area contributed by atoms with Crippen LogP contribution in [-0.2, 0) is 16.4 Å². The van der Waals surface area contributed by atoms with Crippen LogP contribution in [0.4, 0.5) is 4.39 Å². The summed E-state index contributed by atoms with van der Waals surface area (Å²) < 4.78 is 50.6. The number of rotatable bonds is 7. The van der Waals surface area contributed by atoms with Gasteiger partial charge >= 0.3 is 0 Å². The van der Waals surface area contributed by atoms with E-state index in [-0.39, 0.29) is 29.6 Å². The molecule has 0 fully saturated rings. The van der Waals surface area contributed by atoms with Crippen LogP contribution in [0, 0.1) is 12.7 Å². The van der Waals surface area contributed by atoms with Crippen LogP contribution < -0.4 is 9.46 Å². The van der Waals surface area contributed by atoms with E-state index in [1.54, 1.807) is 31.2 Å². The van der Waals surface area contributed by atoms with Crippen LogP contribution in [0.2, 0.25) is 0 Å². The number of nitrogens with zero attached hydrogens (tertiary/aromatic N) is 2. The molecule has 3 aromatic rings. The number of sulfonamides is 1. The molecule has 0 unspecified atom stereocenters. The first-order chi connectivity index (χ1) is 12.9. The van der Waals surface area contributed by atoms with Gasteiger partial charge in [-0.2, -0.15) is 4.98 Å². The second-order valence-electron chi connectivity index (χ2n) is 5.80. The number of hydrogen-bond acceptors (Lipinski definition) is 6. The molecular weight excluding hydrogens is 373 g/mol. The summed E-state index contributed by atoms with van der Waals surface area (Å²) in [5.74, 6) is 0.832. The first-order valence-corrected chi connectivity index (χ1v) is 9.60. The van der Waals surface area contributed by atoms with Gasteiger partial charge in [0.05, 0.1) is 12.0 Å². The van der Waals surface area contributed by atoms with E-state index in [0.717, 1.165) is 0 Å². The molecule has 0 aliphatic rings. The van der Waals surface area contributed by atoms with Crippen molar-refractivity contribution in [1.29, 1.82) is 0 Å². The normalized spacial score (nSPS) is 11.5. The van der Waals surface area contributed by atoms with Crippen molar-refractivity contribution in [2.45, 2.75) is 18.2 Å². The highest BCUT2D eigenvalue weighted by atomic mass is 32.2. The smallest absolute Gasteiger partial charge is 0.240 e. The molecule has 1 aromatic heterocycles. The number of hydrogen-bond donors (Lipinski definition) is 1. The Hall–Kier alpha value is -2.78. The lowest BCUT2D eigenvalue weighted by Gasteiger charge is -2.09. The predicted molar refractivity (Wildman–Crippen MR) is 96.3 cm³/mol. The molecule has 0 saturated heterocycles. The zero-order valence-corrected chi connectivity index (χ0v) is 15.6. The third-order valence-corrected chi connectivity index (χ3v) is 5.49. The van der Waals surface area contributed by atoms with Gasteiger partial charge in [-0.05, 0) is 55.0 Å². The Kier molecular flexibility index (Phi) is 5.52. The summed E-state index contributed by atoms with van der Waals surface area (Å²) in [6, 6.07) is 10.4. The van der Waals surface area contributed by atoms with Gasteiger partial charge in [0.25, 0.3) is 0 Å². The van der Waals surface area contributed by atoms with Gasteiger partial charge in [-0.3, -0.25) is 0 Å². The van der Waals surface area contributed by atoms with E-state index < -0.39 is 10.0 Å². The van der Waals surface area contributed by atoms with Crippen LogP contribution in [-0.4, -0.2) is 32.2 Å². The van der Waals surface area contributed by atoms with Crippen molar-refractivity contribution in [3.05, 3.63) is 59.7 Å². The minimum absolute atomic E-state index is 0.0961. The minimum Gasteiger partial charge on any atom is -0.497 e. The van der Waals surface area contributed by atoms with Gasteiger partial charge in [0, 0.05) is 18.5 Å². The Balaban J connectivity index is 1.63. The van der Waals surface area contributed by atoms with Gasteiger partial charge in [0.2, 0.25) is 21.7 Å². The van der Waals surface area contributed by atoms with Gasteiger partial charge < -0.3 is 9.26 Å². The SMILES string of the molecule is COc1ccc(S(=O)(=O)NCCc2nc(-c3ccc(F)cc3)no2)c(C)c1. The first kappa shape index (κ1) is 19.0. The van der Waals surface area contributed by atoms with E-state index in [4.69, 9.17) is 9.26 Å². The fraction of sp³-hybridized carbons (Fsp3) is 0.222. The van der Waals surface area contributed by atoms with Gasteiger partial charge in [-0.25, -0.2) is 17.5 Å². The number of methoxy groups -OCH3 is 1. The number of nitrogens with one attached hydrogen (secondary N) is 1. The average Bonchev–Trinajstić information content (AvgIpc) is 3.10. The summed E-state index contributed by atoms with van der Waals surface area (Å²) in [5, 5.41) is 3.82. The monoisotopic (exact) mass is 391 g/mol. The Morgan fingerprint density at radius 3 is 2.59 bits per heavy atom. The van der Waals surface area contributed by atoms with Gasteiger partial charge in [-0.15, -0.1) is 0 Å². The van der Waals surface area contributed by atoms with Crippen molar-refractivity contribution < 1.29 is 22.1 Å². The Morgan fingerprint density at radius 1 is 1.19 bits per heavy atom. The number of aryl methyl sites for hydroxylation is 1. The number of halogens is 1. The fourth-order valence-corrected chi connectivity index (χ4v) is 3.75. The fourth-order valence-electron chi connectivity index (χ4n) is 2.49. The van der Waals surface area contributed by atoms with Gasteiger partial charge in [-0.1, -0.05) is 5.16 Å². The quantitative estimate of drug-likeness (QED) is 0.666. The van der Waals surface area contributed by atoms with E-state index in [9.17, 15) is 12.8 Å². The van der Waals surface area contributed by atoms with Crippen molar-refractivity contribution >= 4 is 10.0 Å². The third kappa shape index (κ3) is 4.50. The molecule has 0 saturated carbocycles. The molecule has 1 heterocycles. The lowest BCUT2D eigenvalue weighted by molar-refractivity contribution is 0.379. The summed E-state index contributed by atoms with van der Waals surface area (Å²) >= 11 is 0. The molecule has 0 bridgehead atoms. The topological polar surface area (TPSA) is 94.3 Å². The molecule has 9 heteroatoms. The highest BCUT2D eigenvalue weighted by Crippen LogP contribution is 2.21. The van der Waals surface area contributed by atoms with Crippen LogP contribution in [0.15, 0.2) is 51.9 Å². The lowest BCUT2D eigenvalue weighted by atomic mass is 10.2. The summed E-state index contributed by atoms with van der Waals surface area (Å²) in [6.07, 6.45) is 0.225. The first-order valence-electron chi connectivity index (χ1n) is 8.12. The lowest BCUT2D eigenvalue weighted by Crippen LogP contribution is -2.26. The maximum Gasteiger partial charge on any atom is 0.240 e. The molecule has 0 aliphatic heterocycles. The van der Waals surface area contributed by atoms with E-state index in [2.05, 4.69) is 14.9 Å². The molecule has 0 spiro atoms. The Bertz CT molecular complexity index is 1030. The van der Waals surface area contributed by atoms with E-state index in [0.29, 0.717) is 22.7 Å². The zero-order chi connectivity index (χ0) is 19.4. The molecule has 27 heavy (non-hydrogen) atoms. The molecule has 2 aromatic carbocycles. The predicted octanol–water partition coefficient (Wildman–Crippen LogP) is 2.71. The van der Waals surface area contributed by atoms with E-state index in [1.807, 2.05) is 0 Å². The van der Waals surface area contributed by atoms with Crippen LogP contribution >= 0.6 is 0 Å². The molecule has 142 valence electrons. The van der Waals surface area contributed by atoms with Crippen molar-refractivity contribution in [3.63, 3.8) is 0 Å². The maximum absolute atomic E-state index is 13.0. The van der Waals surface area contributed by atoms with Gasteiger partial charge in [0.15, 0.2) is 0 Å². The third-order valence-electron chi connectivity index (χ3n) is 3.87. The molecule has 7 nitrogen and oxygen atoms in total. The Labute approximate surface area is 156 Å². The molecule has 0 radical (unpaired) electrons. The molecule has 0 atom stereocenters. The van der Waals surface area contributed by atoms with E-state index in [1.165, 1.54) is 25.3 Å². The summed E-state index contributed by atoms with van der Waals surface area (Å²) in [6.45, 7) is 1.79. The largest absolute Gasteiger partial charge is 0.497 e. The second kappa shape index (κ2) is 7.85. The van der Waals surface area contributed by atoms with Crippen LogP contribution in [0.3, 0.4) is 0 Å². The van der Waals surface area contributed by atoms with Crippen LogP contribution in [0.1, 0.15) is 11.5 Å². The van der Waals surface area contributed by atoms with E-state index >= 15 is 0 Å². The average molecular weight is 391 g/mol. The molecule has 1 N–H and O–H groups in total. The Morgan fingerprint density at radius 2 is 1.93 bits per heavy atom. The van der Waals surface area contributed by atoms with Crippen molar-refractivity contribution in [2.75, 3.05) is 13.7 Å². The molecule has 3 rings (SSSR count). The molecule has 0 aliphatic carbocycles. The van der Waals surface area contributed by atoms with Gasteiger partial charge in [0.1, 0.15) is 11.6 Å². The minimum atomic E-state index is -3.67. The van der Waals surface area contributed by atoms with Crippen molar-refractivity contribution in [3.8, 4) is 17.1 Å². The number of ether oxygens (including phenoxy) is 1. The van der Waals surface area contributed by atoms with Crippen molar-refractivity contribution in [2.24, 2.45) is 0 Å². The molecule has 0 amide bonds. The molecular formula is C18H18FN3O4S. The second-order valence-corrected chi connectivity index (χ2v) is 7.53. The maximum atomic E-state index is 13.0. The summed E-state index contributed by atoms with van der Waals surface area (Å²) in [7, 11) is -2.15. The number of aromatic nitrogens is 2. The summed E-state index contributed by atoms with van der Waals surface area (Å²) in [4.78, 5) is 4.37. The highest BCUT2D eigenvalue weighted by molar-refractivity contribution is 7.89. The van der Waals surface area contributed by atoms with Crippen LogP contribution in [0.5, 0.6) is 5.75 Å². The van der Waals surface area contributed by atoms with Crippen LogP contribution in [0.25, 0.3) is 11.4 Å². The van der Waals surface area contributed by atoms with Crippen molar-refractivity contribution in [1.82, 2.24) is 14.9 Å². The number of benzene rings is 2. The zero-order valence-electron chi connectivity index (χ0n) is 14.8. The highest BCUT2D eigenvalue weighted by Gasteiger charge is 2.17. The summed E-state index contributed by atoms with van der Waals surface area (Å²) in [5.41, 5.74) is 1.19. The standard InChI is InChI=1S/C18H18FN3O4S/c1-12-11-15(25-2)7-8-16(12)27(23,24)20-10-9-17-21-18(22-26-17)13-3-5-14(19)6-4-13/h3-8,11,20H,9-10H2,1-2H3.